The number of allylic oxidation sites excluding steroid dienone is 1. The first-order valence-corrected chi connectivity index (χ1v) is 10.9. The van der Waals surface area contributed by atoms with Gasteiger partial charge in [0.25, 0.3) is 0 Å². The maximum Gasteiger partial charge on any atom is 0.335 e. The molecule has 4 rings (SSSR count). The molecular weight excluding hydrogens is 388 g/mol. The largest absolute Gasteiger partial charge is 0.478 e. The highest BCUT2D eigenvalue weighted by atomic mass is 32.2. The topological polar surface area (TPSA) is 108 Å². The van der Waals surface area contributed by atoms with E-state index < -0.39 is 15.8 Å². The van der Waals surface area contributed by atoms with Crippen LogP contribution < -0.4 is 0 Å². The molecule has 2 aliphatic rings. The summed E-state index contributed by atoms with van der Waals surface area (Å²) in [5, 5.41) is 18.6. The van der Waals surface area contributed by atoms with E-state index in [1.165, 1.54) is 12.1 Å². The summed E-state index contributed by atoms with van der Waals surface area (Å²) in [7, 11) is -3.83. The van der Waals surface area contributed by atoms with Crippen LogP contribution in [0.1, 0.15) is 51.4 Å². The minimum Gasteiger partial charge on any atom is -0.478 e. The number of aromatic carboxylic acids is 1. The first-order valence-electron chi connectivity index (χ1n) is 9.23. The Morgan fingerprint density at radius 2 is 2.00 bits per heavy atom. The molecule has 0 saturated heterocycles. The number of hydrogen-bond acceptors (Lipinski definition) is 5. The number of sulfone groups is 1. The standard InChI is InChI=1S/C22H18N2O4S/c23-12-14-3-7-18(20-2-1-9-24-20)17(10-14)13-29(27,28)21-11-16(22(25)26)6-8-19(21)15-4-5-15/h1-3,6-8,10-11,15H,4-5,9,13H2,(H,25,26). The van der Waals surface area contributed by atoms with Gasteiger partial charge < -0.3 is 5.11 Å². The normalized spacial score (nSPS) is 15.8. The van der Waals surface area contributed by atoms with E-state index >= 15 is 0 Å². The van der Waals surface area contributed by atoms with Crippen molar-refractivity contribution in [2.45, 2.75) is 29.4 Å². The molecule has 6 nitrogen and oxygen atoms in total. The lowest BCUT2D eigenvalue weighted by Gasteiger charge is -2.14. The van der Waals surface area contributed by atoms with Gasteiger partial charge in [-0.05, 0) is 60.2 Å². The van der Waals surface area contributed by atoms with Gasteiger partial charge in [0, 0.05) is 5.56 Å². The third-order valence-electron chi connectivity index (χ3n) is 5.11. The number of carbonyl (C=O) groups is 1. The Balaban J connectivity index is 1.80. The Labute approximate surface area is 168 Å². The van der Waals surface area contributed by atoms with Crippen molar-refractivity contribution < 1.29 is 18.3 Å². The lowest BCUT2D eigenvalue weighted by molar-refractivity contribution is 0.0696. The van der Waals surface area contributed by atoms with Crippen LogP contribution in [0.15, 0.2) is 58.4 Å². The van der Waals surface area contributed by atoms with Crippen LogP contribution in [0.5, 0.6) is 0 Å². The molecule has 146 valence electrons. The van der Waals surface area contributed by atoms with Crippen LogP contribution in [0.4, 0.5) is 0 Å². The van der Waals surface area contributed by atoms with Gasteiger partial charge >= 0.3 is 5.97 Å². The van der Waals surface area contributed by atoms with Crippen molar-refractivity contribution in [3.05, 3.63) is 76.4 Å². The number of nitrogens with zero attached hydrogens (tertiary/aromatic N) is 2. The molecule has 7 heteroatoms. The zero-order valence-electron chi connectivity index (χ0n) is 15.5. The van der Waals surface area contributed by atoms with Gasteiger partial charge in [0.15, 0.2) is 9.84 Å². The van der Waals surface area contributed by atoms with Gasteiger partial charge in [-0.2, -0.15) is 5.26 Å². The Morgan fingerprint density at radius 3 is 2.62 bits per heavy atom. The van der Waals surface area contributed by atoms with Gasteiger partial charge in [-0.3, -0.25) is 4.99 Å². The fraction of sp³-hybridized carbons (Fsp3) is 0.227. The summed E-state index contributed by atoms with van der Waals surface area (Å²) < 4.78 is 26.7. The van der Waals surface area contributed by atoms with Crippen molar-refractivity contribution in [3.63, 3.8) is 0 Å². The average molecular weight is 406 g/mol. The maximum absolute atomic E-state index is 13.4. The molecule has 29 heavy (non-hydrogen) atoms. The highest BCUT2D eigenvalue weighted by molar-refractivity contribution is 7.90. The highest BCUT2D eigenvalue weighted by Crippen LogP contribution is 2.43. The van der Waals surface area contributed by atoms with E-state index in [0.717, 1.165) is 12.8 Å². The van der Waals surface area contributed by atoms with Gasteiger partial charge in [-0.15, -0.1) is 0 Å². The predicted octanol–water partition coefficient (Wildman–Crippen LogP) is 3.47. The Bertz CT molecular complexity index is 1220. The first-order chi connectivity index (χ1) is 13.9. The lowest BCUT2D eigenvalue weighted by atomic mass is 10.0. The monoisotopic (exact) mass is 406 g/mol. The molecule has 1 aliphatic heterocycles. The number of aliphatic imine (C=N–C) groups is 1. The summed E-state index contributed by atoms with van der Waals surface area (Å²) in [4.78, 5) is 15.8. The second kappa shape index (κ2) is 7.30. The fourth-order valence-electron chi connectivity index (χ4n) is 3.53. The van der Waals surface area contributed by atoms with Crippen molar-refractivity contribution in [1.29, 1.82) is 5.26 Å². The molecule has 0 spiro atoms. The van der Waals surface area contributed by atoms with E-state index in [-0.39, 0.29) is 22.1 Å². The molecule has 1 N–H and O–H groups in total. The van der Waals surface area contributed by atoms with Crippen LogP contribution in [0, 0.1) is 11.3 Å². The van der Waals surface area contributed by atoms with Crippen molar-refractivity contribution >= 4 is 21.5 Å². The molecule has 1 fully saturated rings. The van der Waals surface area contributed by atoms with E-state index in [2.05, 4.69) is 4.99 Å². The van der Waals surface area contributed by atoms with Crippen LogP contribution in [-0.2, 0) is 15.6 Å². The second-order valence-corrected chi connectivity index (χ2v) is 9.16. The molecule has 0 atom stereocenters. The summed E-state index contributed by atoms with van der Waals surface area (Å²) in [6.45, 7) is 0.536. The molecule has 2 aromatic carbocycles. The highest BCUT2D eigenvalue weighted by Gasteiger charge is 2.31. The first kappa shape index (κ1) is 19.1. The summed E-state index contributed by atoms with van der Waals surface area (Å²) >= 11 is 0. The van der Waals surface area contributed by atoms with Crippen LogP contribution in [0.2, 0.25) is 0 Å². The quantitative estimate of drug-likeness (QED) is 0.790. The SMILES string of the molecule is N#Cc1ccc(C2=NCC=C2)c(CS(=O)(=O)c2cc(C(=O)O)ccc2C2CC2)c1. The number of rotatable bonds is 6. The van der Waals surface area contributed by atoms with E-state index in [4.69, 9.17) is 0 Å². The molecule has 1 heterocycles. The van der Waals surface area contributed by atoms with E-state index in [0.29, 0.717) is 34.5 Å². The second-order valence-electron chi connectivity index (χ2n) is 7.20. The van der Waals surface area contributed by atoms with Crippen molar-refractivity contribution in [3.8, 4) is 6.07 Å². The van der Waals surface area contributed by atoms with Gasteiger partial charge in [-0.1, -0.05) is 18.2 Å². The van der Waals surface area contributed by atoms with E-state index in [1.54, 1.807) is 24.3 Å². The Hall–Kier alpha value is -3.24. The maximum atomic E-state index is 13.4. The number of hydrogen-bond donors (Lipinski definition) is 1. The lowest BCUT2D eigenvalue weighted by Crippen LogP contribution is -2.12. The molecule has 0 amide bonds. The molecule has 2 aromatic rings. The molecule has 1 aliphatic carbocycles. The molecule has 0 bridgehead atoms. The number of carboxylic acids is 1. The average Bonchev–Trinajstić information content (AvgIpc) is 3.41. The Morgan fingerprint density at radius 1 is 1.21 bits per heavy atom. The number of nitriles is 1. The van der Waals surface area contributed by atoms with Gasteiger partial charge in [0.2, 0.25) is 0 Å². The van der Waals surface area contributed by atoms with Gasteiger partial charge in [0.1, 0.15) is 0 Å². The minimum absolute atomic E-state index is 0.0536. The number of benzene rings is 2. The predicted molar refractivity (Wildman–Crippen MR) is 108 cm³/mol. The molecule has 1 saturated carbocycles. The van der Waals surface area contributed by atoms with Gasteiger partial charge in [-0.25, -0.2) is 13.2 Å². The van der Waals surface area contributed by atoms with Crippen molar-refractivity contribution in [2.75, 3.05) is 6.54 Å². The Kier molecular flexibility index (Phi) is 4.81. The number of carboxylic acid groups (broad SMARTS) is 1. The fourth-order valence-corrected chi connectivity index (χ4v) is 5.23. The van der Waals surface area contributed by atoms with Crippen LogP contribution in [0.25, 0.3) is 0 Å². The van der Waals surface area contributed by atoms with E-state index in [9.17, 15) is 23.6 Å². The third-order valence-corrected chi connectivity index (χ3v) is 6.83. The van der Waals surface area contributed by atoms with Crippen LogP contribution in [-0.4, -0.2) is 31.8 Å². The van der Waals surface area contributed by atoms with Crippen LogP contribution >= 0.6 is 0 Å². The molecule has 0 unspecified atom stereocenters. The van der Waals surface area contributed by atoms with Crippen molar-refractivity contribution in [2.24, 2.45) is 4.99 Å². The molecular formula is C22H18N2O4S. The van der Waals surface area contributed by atoms with Crippen molar-refractivity contribution in [1.82, 2.24) is 0 Å². The zero-order chi connectivity index (χ0) is 20.6. The smallest absolute Gasteiger partial charge is 0.335 e. The minimum atomic E-state index is -3.83. The zero-order valence-corrected chi connectivity index (χ0v) is 16.3. The van der Waals surface area contributed by atoms with Crippen LogP contribution in [0.3, 0.4) is 0 Å². The molecule has 0 radical (unpaired) electrons. The summed E-state index contributed by atoms with van der Waals surface area (Å²) in [5.41, 5.74) is 2.82. The summed E-state index contributed by atoms with van der Waals surface area (Å²) in [5.74, 6) is -1.34. The van der Waals surface area contributed by atoms with E-state index in [1.807, 2.05) is 18.2 Å². The summed E-state index contributed by atoms with van der Waals surface area (Å²) in [6.07, 6.45) is 5.50. The third kappa shape index (κ3) is 3.84. The summed E-state index contributed by atoms with van der Waals surface area (Å²) in [6, 6.07) is 11.3. The van der Waals surface area contributed by atoms with Gasteiger partial charge in [0.05, 0.1) is 40.1 Å². The molecule has 0 aromatic heterocycles.